The summed E-state index contributed by atoms with van der Waals surface area (Å²) in [4.78, 5) is 0.293. The lowest BCUT2D eigenvalue weighted by Gasteiger charge is -2.12. The lowest BCUT2D eigenvalue weighted by Crippen LogP contribution is -2.14. The van der Waals surface area contributed by atoms with Crippen LogP contribution in [-0.2, 0) is 16.4 Å². The number of fused-ring (bicyclic) bond motifs is 1. The molecule has 2 heterocycles. The van der Waals surface area contributed by atoms with Crippen molar-refractivity contribution < 1.29 is 8.42 Å². The average Bonchev–Trinajstić information content (AvgIpc) is 3.15. The Labute approximate surface area is 156 Å². The van der Waals surface area contributed by atoms with Crippen LogP contribution in [0.4, 0.5) is 5.69 Å². The molecule has 2 aromatic heterocycles. The third-order valence-corrected chi connectivity index (χ3v) is 5.70. The summed E-state index contributed by atoms with van der Waals surface area (Å²) in [5, 5.41) is 12.2. The lowest BCUT2D eigenvalue weighted by atomic mass is 10.1. The standard InChI is InChI=1S/C19H17N5O2S/c1-2-14-6-3-4-9-18(14)27(25,26)23-16-8-5-7-15(12-16)17-10-11-19-21-20-13-24(19)22-17/h3-13,23H,2H2,1H3. The Morgan fingerprint density at radius 3 is 2.74 bits per heavy atom. The van der Waals surface area contributed by atoms with Crippen LogP contribution in [0.1, 0.15) is 12.5 Å². The monoisotopic (exact) mass is 379 g/mol. The molecule has 0 aliphatic rings. The van der Waals surface area contributed by atoms with Crippen LogP contribution >= 0.6 is 0 Å². The van der Waals surface area contributed by atoms with Gasteiger partial charge in [0.2, 0.25) is 0 Å². The van der Waals surface area contributed by atoms with Crippen LogP contribution in [0.15, 0.2) is 71.9 Å². The molecule has 0 aliphatic carbocycles. The number of benzene rings is 2. The molecule has 8 heteroatoms. The normalized spacial score (nSPS) is 11.6. The number of nitrogens with one attached hydrogen (secondary N) is 1. The first-order valence-corrected chi connectivity index (χ1v) is 9.93. The second-order valence-electron chi connectivity index (χ2n) is 6.00. The summed E-state index contributed by atoms with van der Waals surface area (Å²) >= 11 is 0. The van der Waals surface area contributed by atoms with E-state index in [0.717, 1.165) is 11.1 Å². The maximum Gasteiger partial charge on any atom is 0.262 e. The molecule has 0 saturated carbocycles. The van der Waals surface area contributed by atoms with E-state index < -0.39 is 10.0 Å². The molecule has 0 unspecified atom stereocenters. The van der Waals surface area contributed by atoms with Gasteiger partial charge in [-0.05, 0) is 42.3 Å². The van der Waals surface area contributed by atoms with Gasteiger partial charge in [-0.2, -0.15) is 9.61 Å². The first kappa shape index (κ1) is 17.2. The zero-order chi connectivity index (χ0) is 18.9. The van der Waals surface area contributed by atoms with Crippen molar-refractivity contribution in [1.29, 1.82) is 0 Å². The van der Waals surface area contributed by atoms with Crippen molar-refractivity contribution >= 4 is 21.4 Å². The van der Waals surface area contributed by atoms with Crippen LogP contribution in [0.25, 0.3) is 16.9 Å². The maximum atomic E-state index is 12.8. The van der Waals surface area contributed by atoms with E-state index in [1.807, 2.05) is 37.3 Å². The molecule has 2 aromatic carbocycles. The lowest BCUT2D eigenvalue weighted by molar-refractivity contribution is 0.600. The Morgan fingerprint density at radius 2 is 1.89 bits per heavy atom. The first-order chi connectivity index (χ1) is 13.1. The van der Waals surface area contributed by atoms with E-state index in [4.69, 9.17) is 0 Å². The van der Waals surface area contributed by atoms with Crippen molar-refractivity contribution in [1.82, 2.24) is 19.8 Å². The Hall–Kier alpha value is -3.26. The van der Waals surface area contributed by atoms with Crippen molar-refractivity contribution in [3.05, 3.63) is 72.6 Å². The molecule has 4 rings (SSSR count). The third kappa shape index (κ3) is 3.39. The summed E-state index contributed by atoms with van der Waals surface area (Å²) in [6.07, 6.45) is 2.16. The van der Waals surface area contributed by atoms with Gasteiger partial charge in [-0.1, -0.05) is 37.3 Å². The number of anilines is 1. The zero-order valence-electron chi connectivity index (χ0n) is 14.6. The van der Waals surface area contributed by atoms with E-state index in [1.165, 1.54) is 6.33 Å². The van der Waals surface area contributed by atoms with E-state index in [-0.39, 0.29) is 0 Å². The number of hydrogen-bond acceptors (Lipinski definition) is 5. The molecule has 7 nitrogen and oxygen atoms in total. The molecule has 0 amide bonds. The fourth-order valence-corrected chi connectivity index (χ4v) is 4.26. The van der Waals surface area contributed by atoms with Crippen molar-refractivity contribution in [3.63, 3.8) is 0 Å². The second kappa shape index (κ2) is 6.81. The number of sulfonamides is 1. The van der Waals surface area contributed by atoms with Crippen LogP contribution in [0.2, 0.25) is 0 Å². The highest BCUT2D eigenvalue weighted by Gasteiger charge is 2.17. The van der Waals surface area contributed by atoms with E-state index >= 15 is 0 Å². The van der Waals surface area contributed by atoms with Gasteiger partial charge < -0.3 is 0 Å². The van der Waals surface area contributed by atoms with Gasteiger partial charge in [0.25, 0.3) is 10.0 Å². The molecule has 0 bridgehead atoms. The largest absolute Gasteiger partial charge is 0.280 e. The summed E-state index contributed by atoms with van der Waals surface area (Å²) in [6.45, 7) is 1.93. The van der Waals surface area contributed by atoms with Crippen molar-refractivity contribution in [2.24, 2.45) is 0 Å². The highest BCUT2D eigenvalue weighted by molar-refractivity contribution is 7.92. The SMILES string of the molecule is CCc1ccccc1S(=O)(=O)Nc1cccc(-c2ccc3nncn3n2)c1. The highest BCUT2D eigenvalue weighted by atomic mass is 32.2. The summed E-state index contributed by atoms with van der Waals surface area (Å²) in [5.41, 5.74) is 3.38. The van der Waals surface area contributed by atoms with E-state index in [1.54, 1.807) is 34.8 Å². The minimum Gasteiger partial charge on any atom is -0.280 e. The molecule has 0 saturated heterocycles. The molecule has 0 radical (unpaired) electrons. The Kier molecular flexibility index (Phi) is 4.33. The fourth-order valence-electron chi connectivity index (χ4n) is 2.89. The molecule has 4 aromatic rings. The quantitative estimate of drug-likeness (QED) is 0.575. The van der Waals surface area contributed by atoms with Gasteiger partial charge in [-0.15, -0.1) is 10.2 Å². The topological polar surface area (TPSA) is 89.2 Å². The number of nitrogens with zero attached hydrogens (tertiary/aromatic N) is 4. The minimum absolute atomic E-state index is 0.293. The Bertz CT molecular complexity index is 1220. The van der Waals surface area contributed by atoms with Gasteiger partial charge in [0, 0.05) is 11.3 Å². The molecular formula is C19H17N5O2S. The van der Waals surface area contributed by atoms with E-state index in [2.05, 4.69) is 20.0 Å². The third-order valence-electron chi connectivity index (χ3n) is 4.22. The Balaban J connectivity index is 1.68. The minimum atomic E-state index is -3.68. The van der Waals surface area contributed by atoms with Gasteiger partial charge in [0.05, 0.1) is 10.6 Å². The predicted octanol–water partition coefficient (Wildman–Crippen LogP) is 3.15. The molecule has 0 atom stereocenters. The van der Waals surface area contributed by atoms with Crippen LogP contribution in [0.5, 0.6) is 0 Å². The first-order valence-electron chi connectivity index (χ1n) is 8.45. The number of rotatable bonds is 5. The molecular weight excluding hydrogens is 362 g/mol. The van der Waals surface area contributed by atoms with E-state index in [0.29, 0.717) is 28.3 Å². The Morgan fingerprint density at radius 1 is 1.04 bits per heavy atom. The van der Waals surface area contributed by atoms with Crippen LogP contribution < -0.4 is 4.72 Å². The van der Waals surface area contributed by atoms with Crippen molar-refractivity contribution in [2.45, 2.75) is 18.2 Å². The fraction of sp³-hybridized carbons (Fsp3) is 0.105. The maximum absolute atomic E-state index is 12.8. The van der Waals surface area contributed by atoms with Gasteiger partial charge in [0.15, 0.2) is 5.65 Å². The number of hydrogen-bond donors (Lipinski definition) is 1. The highest BCUT2D eigenvalue weighted by Crippen LogP contribution is 2.24. The average molecular weight is 379 g/mol. The smallest absolute Gasteiger partial charge is 0.262 e. The van der Waals surface area contributed by atoms with Crippen LogP contribution in [0.3, 0.4) is 0 Å². The number of aromatic nitrogens is 4. The molecule has 0 aliphatic heterocycles. The molecule has 27 heavy (non-hydrogen) atoms. The molecule has 0 fully saturated rings. The van der Waals surface area contributed by atoms with Crippen molar-refractivity contribution in [2.75, 3.05) is 4.72 Å². The summed E-state index contributed by atoms with van der Waals surface area (Å²) in [5.74, 6) is 0. The van der Waals surface area contributed by atoms with Gasteiger partial charge in [-0.3, -0.25) is 4.72 Å². The summed E-state index contributed by atoms with van der Waals surface area (Å²) in [7, 11) is -3.68. The van der Waals surface area contributed by atoms with Gasteiger partial charge in [-0.25, -0.2) is 8.42 Å². The molecule has 0 spiro atoms. The predicted molar refractivity (Wildman–Crippen MR) is 103 cm³/mol. The molecule has 136 valence electrons. The van der Waals surface area contributed by atoms with Crippen LogP contribution in [-0.4, -0.2) is 28.2 Å². The van der Waals surface area contributed by atoms with Crippen molar-refractivity contribution in [3.8, 4) is 11.3 Å². The number of aryl methyl sites for hydroxylation is 1. The zero-order valence-corrected chi connectivity index (χ0v) is 15.4. The van der Waals surface area contributed by atoms with Gasteiger partial charge >= 0.3 is 0 Å². The summed E-state index contributed by atoms with van der Waals surface area (Å²) in [6, 6.07) is 17.8. The summed E-state index contributed by atoms with van der Waals surface area (Å²) < 4.78 is 29.9. The van der Waals surface area contributed by atoms with Gasteiger partial charge in [0.1, 0.15) is 6.33 Å². The second-order valence-corrected chi connectivity index (χ2v) is 7.65. The van der Waals surface area contributed by atoms with Crippen LogP contribution in [0, 0.1) is 0 Å². The van der Waals surface area contributed by atoms with E-state index in [9.17, 15) is 8.42 Å². The molecule has 1 N–H and O–H groups in total.